The van der Waals surface area contributed by atoms with E-state index in [2.05, 4.69) is 5.32 Å². The fourth-order valence-corrected chi connectivity index (χ4v) is 3.44. The smallest absolute Gasteiger partial charge is 0.330 e. The molecule has 1 aliphatic rings. The summed E-state index contributed by atoms with van der Waals surface area (Å²) < 4.78 is 28.2. The summed E-state index contributed by atoms with van der Waals surface area (Å²) in [5.41, 5.74) is 0.253. The molecular weight excluding hydrogens is 388 g/mol. The Labute approximate surface area is 162 Å². The summed E-state index contributed by atoms with van der Waals surface area (Å²) in [4.78, 5) is 50.5. The zero-order chi connectivity index (χ0) is 21.1. The van der Waals surface area contributed by atoms with Crippen LogP contribution in [0.2, 0.25) is 0 Å². The molecule has 0 saturated heterocycles. The van der Waals surface area contributed by atoms with Gasteiger partial charge in [0, 0.05) is 12.8 Å². The number of carbonyl (C=O) groups is 4. The Bertz CT molecular complexity index is 875. The highest BCUT2D eigenvalue weighted by Crippen LogP contribution is 2.26. The quantitative estimate of drug-likeness (QED) is 0.477. The van der Waals surface area contributed by atoms with E-state index in [0.717, 1.165) is 6.26 Å². The number of likely N-dealkylation sites (N-methyl/N-ethyl adjacent to an activating group) is 1. The number of nitrogens with one attached hydrogen (secondary N) is 1. The lowest BCUT2D eigenvalue weighted by atomic mass is 10.1. The van der Waals surface area contributed by atoms with Crippen LogP contribution in [-0.4, -0.2) is 67.7 Å². The normalized spacial score (nSPS) is 15.8. The maximum absolute atomic E-state index is 12.7. The molecule has 1 N–H and O–H groups in total. The number of imide groups is 1. The standard InChI is InChI=1S/C18H22N2O7S/c1-4-19-15(21)11(2)27-18(24)14(9-10-28(3,25)26)20-16(22)12-7-5-6-8-13(12)17(20)23/h5-8,11,14H,4,9-10H2,1-3H3,(H,19,21)/t11-,14+/m0/s1. The van der Waals surface area contributed by atoms with Crippen LogP contribution < -0.4 is 5.32 Å². The molecular formula is C18H22N2O7S. The lowest BCUT2D eigenvalue weighted by Crippen LogP contribution is -2.48. The second-order valence-corrected chi connectivity index (χ2v) is 8.69. The van der Waals surface area contributed by atoms with Gasteiger partial charge in [0.05, 0.1) is 16.9 Å². The minimum atomic E-state index is -3.47. The Hall–Kier alpha value is -2.75. The van der Waals surface area contributed by atoms with Crippen molar-refractivity contribution in [3.8, 4) is 0 Å². The Morgan fingerprint density at radius 2 is 1.68 bits per heavy atom. The number of ether oxygens (including phenoxy) is 1. The van der Waals surface area contributed by atoms with E-state index < -0.39 is 51.4 Å². The molecule has 1 aliphatic heterocycles. The van der Waals surface area contributed by atoms with E-state index in [4.69, 9.17) is 4.74 Å². The highest BCUT2D eigenvalue weighted by Gasteiger charge is 2.44. The summed E-state index contributed by atoms with van der Waals surface area (Å²) in [7, 11) is -3.47. The summed E-state index contributed by atoms with van der Waals surface area (Å²) in [6.45, 7) is 3.37. The van der Waals surface area contributed by atoms with Crippen molar-refractivity contribution in [2.24, 2.45) is 0 Å². The van der Waals surface area contributed by atoms with Gasteiger partial charge >= 0.3 is 5.97 Å². The van der Waals surface area contributed by atoms with Gasteiger partial charge < -0.3 is 10.1 Å². The molecule has 0 aromatic heterocycles. The van der Waals surface area contributed by atoms with Gasteiger partial charge in [0.1, 0.15) is 15.9 Å². The van der Waals surface area contributed by atoms with Gasteiger partial charge in [-0.2, -0.15) is 0 Å². The molecule has 2 rings (SSSR count). The van der Waals surface area contributed by atoms with E-state index in [1.807, 2.05) is 0 Å². The molecule has 2 atom stereocenters. The van der Waals surface area contributed by atoms with Crippen LogP contribution in [0.3, 0.4) is 0 Å². The monoisotopic (exact) mass is 410 g/mol. The molecule has 10 heteroatoms. The van der Waals surface area contributed by atoms with Crippen LogP contribution in [-0.2, 0) is 24.2 Å². The van der Waals surface area contributed by atoms with Gasteiger partial charge in [0.15, 0.2) is 6.10 Å². The van der Waals surface area contributed by atoms with E-state index in [-0.39, 0.29) is 17.5 Å². The van der Waals surface area contributed by atoms with Crippen LogP contribution in [0.25, 0.3) is 0 Å². The van der Waals surface area contributed by atoms with Crippen LogP contribution in [0.5, 0.6) is 0 Å². The highest BCUT2D eigenvalue weighted by molar-refractivity contribution is 7.90. The number of amides is 3. The first kappa shape index (κ1) is 21.5. The van der Waals surface area contributed by atoms with Crippen molar-refractivity contribution in [1.29, 1.82) is 0 Å². The van der Waals surface area contributed by atoms with Gasteiger partial charge in [-0.05, 0) is 32.4 Å². The number of hydrogen-bond donors (Lipinski definition) is 1. The molecule has 0 unspecified atom stereocenters. The van der Waals surface area contributed by atoms with E-state index in [0.29, 0.717) is 11.4 Å². The van der Waals surface area contributed by atoms with E-state index in [9.17, 15) is 27.6 Å². The number of benzene rings is 1. The fourth-order valence-electron chi connectivity index (χ4n) is 2.79. The van der Waals surface area contributed by atoms with E-state index >= 15 is 0 Å². The molecule has 1 aromatic rings. The number of nitrogens with zero attached hydrogens (tertiary/aromatic N) is 1. The van der Waals surface area contributed by atoms with Gasteiger partial charge in [0.25, 0.3) is 17.7 Å². The Kier molecular flexibility index (Phi) is 6.55. The molecule has 0 radical (unpaired) electrons. The highest BCUT2D eigenvalue weighted by atomic mass is 32.2. The molecule has 152 valence electrons. The average Bonchev–Trinajstić information content (AvgIpc) is 2.86. The molecule has 28 heavy (non-hydrogen) atoms. The maximum atomic E-state index is 12.7. The van der Waals surface area contributed by atoms with E-state index in [1.165, 1.54) is 19.1 Å². The Morgan fingerprint density at radius 1 is 1.14 bits per heavy atom. The summed E-state index contributed by atoms with van der Waals surface area (Å²) in [5.74, 6) is -3.41. The SMILES string of the molecule is CCNC(=O)[C@H](C)OC(=O)[C@@H](CCS(C)(=O)=O)N1C(=O)c2ccccc2C1=O. The second kappa shape index (κ2) is 8.51. The first-order chi connectivity index (χ1) is 13.1. The number of hydrogen-bond acceptors (Lipinski definition) is 7. The van der Waals surface area contributed by atoms with Crippen molar-refractivity contribution >= 4 is 33.5 Å². The molecule has 0 bridgehead atoms. The minimum Gasteiger partial charge on any atom is -0.451 e. The Morgan fingerprint density at radius 3 is 2.14 bits per heavy atom. The van der Waals surface area contributed by atoms with Crippen molar-refractivity contribution in [3.05, 3.63) is 35.4 Å². The number of fused-ring (bicyclic) bond motifs is 1. The van der Waals surface area contributed by atoms with Crippen molar-refractivity contribution in [1.82, 2.24) is 10.2 Å². The van der Waals surface area contributed by atoms with Crippen LogP contribution in [0.1, 0.15) is 41.0 Å². The molecule has 0 aliphatic carbocycles. The number of sulfone groups is 1. The van der Waals surface area contributed by atoms with Crippen LogP contribution >= 0.6 is 0 Å². The molecule has 1 aromatic carbocycles. The predicted molar refractivity (Wildman–Crippen MR) is 99.3 cm³/mol. The summed E-state index contributed by atoms with van der Waals surface area (Å²) in [6.07, 6.45) is -0.510. The lowest BCUT2D eigenvalue weighted by Gasteiger charge is -2.25. The van der Waals surface area contributed by atoms with Crippen LogP contribution in [0.4, 0.5) is 0 Å². The van der Waals surface area contributed by atoms with Crippen LogP contribution in [0, 0.1) is 0 Å². The molecule has 3 amide bonds. The summed E-state index contributed by atoms with van der Waals surface area (Å²) >= 11 is 0. The summed E-state index contributed by atoms with van der Waals surface area (Å²) in [5, 5.41) is 2.49. The summed E-state index contributed by atoms with van der Waals surface area (Å²) in [6, 6.07) is 4.60. The number of esters is 1. The topological polar surface area (TPSA) is 127 Å². The van der Waals surface area contributed by atoms with Crippen molar-refractivity contribution < 1.29 is 32.3 Å². The van der Waals surface area contributed by atoms with Gasteiger partial charge in [-0.1, -0.05) is 12.1 Å². The van der Waals surface area contributed by atoms with Crippen molar-refractivity contribution in [2.75, 3.05) is 18.6 Å². The van der Waals surface area contributed by atoms with Gasteiger partial charge in [-0.15, -0.1) is 0 Å². The first-order valence-corrected chi connectivity index (χ1v) is 10.8. The first-order valence-electron chi connectivity index (χ1n) is 8.69. The Balaban J connectivity index is 2.30. The van der Waals surface area contributed by atoms with Crippen molar-refractivity contribution in [3.63, 3.8) is 0 Å². The molecule has 0 saturated carbocycles. The third-order valence-electron chi connectivity index (χ3n) is 4.18. The van der Waals surface area contributed by atoms with Gasteiger partial charge in [0.2, 0.25) is 0 Å². The second-order valence-electron chi connectivity index (χ2n) is 6.43. The molecule has 0 fully saturated rings. The third-order valence-corrected chi connectivity index (χ3v) is 5.16. The van der Waals surface area contributed by atoms with Crippen molar-refractivity contribution in [2.45, 2.75) is 32.4 Å². The zero-order valence-electron chi connectivity index (χ0n) is 15.8. The fraction of sp³-hybridized carbons (Fsp3) is 0.444. The lowest BCUT2D eigenvalue weighted by molar-refractivity contribution is -0.158. The van der Waals surface area contributed by atoms with E-state index in [1.54, 1.807) is 19.1 Å². The third kappa shape index (κ3) is 4.75. The van der Waals surface area contributed by atoms with Gasteiger partial charge in [-0.3, -0.25) is 19.3 Å². The average molecular weight is 410 g/mol. The van der Waals surface area contributed by atoms with Crippen LogP contribution in [0.15, 0.2) is 24.3 Å². The predicted octanol–water partition coefficient (Wildman–Crippen LogP) is 0.154. The zero-order valence-corrected chi connectivity index (χ0v) is 16.6. The largest absolute Gasteiger partial charge is 0.451 e. The molecule has 0 spiro atoms. The molecule has 9 nitrogen and oxygen atoms in total. The molecule has 1 heterocycles. The maximum Gasteiger partial charge on any atom is 0.330 e. The minimum absolute atomic E-state index is 0.126. The number of rotatable bonds is 8. The van der Waals surface area contributed by atoms with Gasteiger partial charge in [-0.25, -0.2) is 13.2 Å². The number of carbonyl (C=O) groups excluding carboxylic acids is 4.